The zero-order valence-corrected chi connectivity index (χ0v) is 27.6. The Balaban J connectivity index is 1.12. The van der Waals surface area contributed by atoms with Crippen LogP contribution in [0, 0.1) is 0 Å². The molecule has 0 fully saturated rings. The van der Waals surface area contributed by atoms with Crippen molar-refractivity contribution in [2.45, 2.75) is 0 Å². The molecule has 0 radical (unpaired) electrons. The molecule has 3 nitrogen and oxygen atoms in total. The fraction of sp³-hybridized carbons (Fsp3) is 0. The van der Waals surface area contributed by atoms with Crippen molar-refractivity contribution in [1.82, 2.24) is 0 Å². The Hall–Kier alpha value is -6.36. The smallest absolute Gasteiger partial charge is 0.137 e. The molecule has 3 heterocycles. The van der Waals surface area contributed by atoms with Gasteiger partial charge < -0.3 is 13.7 Å². The van der Waals surface area contributed by atoms with Gasteiger partial charge in [-0.15, -0.1) is 11.3 Å². The van der Waals surface area contributed by atoms with E-state index in [4.69, 9.17) is 8.83 Å². The van der Waals surface area contributed by atoms with Gasteiger partial charge in [0.1, 0.15) is 22.3 Å². The average Bonchev–Trinajstić information content (AvgIpc) is 3.86. The van der Waals surface area contributed by atoms with E-state index in [0.717, 1.165) is 55.6 Å². The molecule has 0 aliphatic heterocycles. The second-order valence-corrected chi connectivity index (χ2v) is 13.9. The first-order valence-electron chi connectivity index (χ1n) is 16.8. The molecule has 0 aliphatic rings. The highest BCUT2D eigenvalue weighted by Crippen LogP contribution is 2.46. The number of para-hydroxylation sites is 1. The number of rotatable bonds is 4. The lowest BCUT2D eigenvalue weighted by molar-refractivity contribution is 0.668. The van der Waals surface area contributed by atoms with Gasteiger partial charge in [-0.1, -0.05) is 97.1 Å². The van der Waals surface area contributed by atoms with Crippen LogP contribution in [0.25, 0.3) is 85.9 Å². The van der Waals surface area contributed by atoms with Crippen LogP contribution in [0.2, 0.25) is 0 Å². The molecule has 11 aromatic rings. The van der Waals surface area contributed by atoms with E-state index in [2.05, 4.69) is 157 Å². The quantitative estimate of drug-likeness (QED) is 0.189. The third kappa shape index (κ3) is 4.09. The van der Waals surface area contributed by atoms with Crippen LogP contribution >= 0.6 is 11.3 Å². The van der Waals surface area contributed by atoms with E-state index in [0.29, 0.717) is 0 Å². The Kier molecular flexibility index (Phi) is 5.83. The summed E-state index contributed by atoms with van der Waals surface area (Å²) in [5.41, 5.74) is 9.04. The normalized spacial score (nSPS) is 12.0. The summed E-state index contributed by atoms with van der Waals surface area (Å²) < 4.78 is 15.5. The van der Waals surface area contributed by atoms with Crippen LogP contribution < -0.4 is 4.90 Å². The van der Waals surface area contributed by atoms with Gasteiger partial charge in [0.2, 0.25) is 0 Å². The summed E-state index contributed by atoms with van der Waals surface area (Å²) in [5, 5.41) is 9.61. The molecule has 11 rings (SSSR count). The zero-order valence-electron chi connectivity index (χ0n) is 26.8. The molecule has 4 heteroatoms. The summed E-state index contributed by atoms with van der Waals surface area (Å²) >= 11 is 1.86. The largest absolute Gasteiger partial charge is 0.456 e. The first-order chi connectivity index (χ1) is 24.8. The lowest BCUT2D eigenvalue weighted by Crippen LogP contribution is -2.09. The third-order valence-corrected chi connectivity index (χ3v) is 11.3. The number of fused-ring (bicyclic) bond motifs is 12. The van der Waals surface area contributed by atoms with Gasteiger partial charge in [-0.3, -0.25) is 0 Å². The zero-order chi connectivity index (χ0) is 32.8. The molecule has 0 amide bonds. The van der Waals surface area contributed by atoms with Gasteiger partial charge in [-0.25, -0.2) is 0 Å². The fourth-order valence-electron chi connectivity index (χ4n) is 7.72. The standard InChI is InChI=1S/C46H27NO2S/c1-2-8-28(9-3-1)29-14-17-31(18-15-29)47(32-20-23-40-38(26-32)35-12-6-7-13-39(35)48-40)33-19-22-36-42(27-33)49-41-24-25-43-45(44(36)41)37-21-16-30-10-4-5-11-34(30)46(37)50-43/h1-27H. The minimum absolute atomic E-state index is 0.867. The van der Waals surface area contributed by atoms with E-state index in [1.165, 1.54) is 47.5 Å². The molecule has 0 unspecified atom stereocenters. The van der Waals surface area contributed by atoms with Crippen LogP contribution in [0.1, 0.15) is 0 Å². The molecule has 234 valence electrons. The number of anilines is 3. The molecule has 0 atom stereocenters. The van der Waals surface area contributed by atoms with E-state index in [9.17, 15) is 0 Å². The van der Waals surface area contributed by atoms with E-state index in [1.54, 1.807) is 0 Å². The molecule has 0 spiro atoms. The first kappa shape index (κ1) is 27.6. The molecule has 0 saturated heterocycles. The summed E-state index contributed by atoms with van der Waals surface area (Å²) in [6, 6.07) is 58.2. The van der Waals surface area contributed by atoms with Gasteiger partial charge >= 0.3 is 0 Å². The monoisotopic (exact) mass is 657 g/mol. The summed E-state index contributed by atoms with van der Waals surface area (Å²) in [4.78, 5) is 2.31. The molecule has 0 N–H and O–H groups in total. The molecular weight excluding hydrogens is 631 g/mol. The highest BCUT2D eigenvalue weighted by Gasteiger charge is 2.20. The minimum atomic E-state index is 0.867. The molecule has 0 bridgehead atoms. The Labute approximate surface area is 290 Å². The maximum absolute atomic E-state index is 6.68. The van der Waals surface area contributed by atoms with Crippen molar-refractivity contribution in [3.8, 4) is 11.1 Å². The van der Waals surface area contributed by atoms with Crippen LogP contribution in [-0.4, -0.2) is 0 Å². The molecule has 8 aromatic carbocycles. The van der Waals surface area contributed by atoms with E-state index in [1.807, 2.05) is 23.5 Å². The highest BCUT2D eigenvalue weighted by molar-refractivity contribution is 7.27. The lowest BCUT2D eigenvalue weighted by Gasteiger charge is -2.25. The van der Waals surface area contributed by atoms with E-state index < -0.39 is 0 Å². The number of hydrogen-bond acceptors (Lipinski definition) is 4. The maximum atomic E-state index is 6.68. The van der Waals surface area contributed by atoms with Crippen LogP contribution in [0.5, 0.6) is 0 Å². The van der Waals surface area contributed by atoms with Gasteiger partial charge in [-0.05, 0) is 82.6 Å². The second-order valence-electron chi connectivity index (χ2n) is 12.9. The first-order valence-corrected chi connectivity index (χ1v) is 17.6. The topological polar surface area (TPSA) is 29.5 Å². The summed E-state index contributed by atoms with van der Waals surface area (Å²) in [7, 11) is 0. The summed E-state index contributed by atoms with van der Waals surface area (Å²) in [5.74, 6) is 0. The predicted molar refractivity (Wildman–Crippen MR) is 212 cm³/mol. The van der Waals surface area contributed by atoms with Gasteiger partial charge in [0.05, 0.1) is 0 Å². The van der Waals surface area contributed by atoms with Crippen LogP contribution in [-0.2, 0) is 0 Å². The molecular formula is C46H27NO2S. The van der Waals surface area contributed by atoms with E-state index in [-0.39, 0.29) is 0 Å². The SMILES string of the molecule is c1ccc(-c2ccc(N(c3ccc4c(c3)oc3ccc5sc6c7ccccc7ccc6c5c34)c3ccc4oc5ccccc5c4c3)cc2)cc1. The fourth-order valence-corrected chi connectivity index (χ4v) is 8.97. The Bertz CT molecular complexity index is 3090. The lowest BCUT2D eigenvalue weighted by atomic mass is 10.0. The van der Waals surface area contributed by atoms with Crippen molar-refractivity contribution in [1.29, 1.82) is 0 Å². The molecule has 0 aliphatic carbocycles. The van der Waals surface area contributed by atoms with Crippen molar-refractivity contribution in [2.24, 2.45) is 0 Å². The third-order valence-electron chi connectivity index (χ3n) is 10.1. The van der Waals surface area contributed by atoms with Crippen LogP contribution in [0.15, 0.2) is 173 Å². The highest BCUT2D eigenvalue weighted by atomic mass is 32.1. The number of thiophene rings is 1. The van der Waals surface area contributed by atoms with Gasteiger partial charge in [-0.2, -0.15) is 0 Å². The van der Waals surface area contributed by atoms with Crippen molar-refractivity contribution in [3.05, 3.63) is 164 Å². The van der Waals surface area contributed by atoms with Gasteiger partial charge in [0.25, 0.3) is 0 Å². The second kappa shape index (κ2) is 10.6. The number of furan rings is 2. The maximum Gasteiger partial charge on any atom is 0.137 e. The predicted octanol–water partition coefficient (Wildman–Crippen LogP) is 14.1. The minimum Gasteiger partial charge on any atom is -0.456 e. The van der Waals surface area contributed by atoms with Crippen molar-refractivity contribution in [3.63, 3.8) is 0 Å². The number of benzene rings is 8. The Morgan fingerprint density at radius 3 is 1.94 bits per heavy atom. The summed E-state index contributed by atoms with van der Waals surface area (Å²) in [6.45, 7) is 0. The summed E-state index contributed by atoms with van der Waals surface area (Å²) in [6.07, 6.45) is 0. The van der Waals surface area contributed by atoms with Crippen molar-refractivity contribution < 1.29 is 8.83 Å². The Morgan fingerprint density at radius 2 is 1.04 bits per heavy atom. The van der Waals surface area contributed by atoms with Gasteiger partial charge in [0.15, 0.2) is 0 Å². The van der Waals surface area contributed by atoms with Crippen LogP contribution in [0.4, 0.5) is 17.1 Å². The molecule has 0 saturated carbocycles. The number of nitrogens with zero attached hydrogens (tertiary/aromatic N) is 1. The number of hydrogen-bond donors (Lipinski definition) is 0. The Morgan fingerprint density at radius 1 is 0.380 bits per heavy atom. The molecule has 50 heavy (non-hydrogen) atoms. The van der Waals surface area contributed by atoms with Crippen molar-refractivity contribution in [2.75, 3.05) is 4.90 Å². The average molecular weight is 658 g/mol. The van der Waals surface area contributed by atoms with E-state index >= 15 is 0 Å². The van der Waals surface area contributed by atoms with Crippen LogP contribution in [0.3, 0.4) is 0 Å². The van der Waals surface area contributed by atoms with Gasteiger partial charge in [0, 0.05) is 64.8 Å². The molecule has 3 aromatic heterocycles. The van der Waals surface area contributed by atoms with Crippen molar-refractivity contribution >= 4 is 103 Å².